The lowest BCUT2D eigenvalue weighted by atomic mass is 9.83. The van der Waals surface area contributed by atoms with E-state index in [1.807, 2.05) is 20.8 Å². The molecule has 0 aromatic carbocycles. The molecule has 0 aliphatic carbocycles. The van der Waals surface area contributed by atoms with Gasteiger partial charge in [0.05, 0.1) is 12.0 Å². The van der Waals surface area contributed by atoms with Crippen LogP contribution in [0.2, 0.25) is 0 Å². The van der Waals surface area contributed by atoms with E-state index in [2.05, 4.69) is 0 Å². The Bertz CT molecular complexity index is 155. The van der Waals surface area contributed by atoms with Gasteiger partial charge in [-0.3, -0.25) is 4.79 Å². The quantitative estimate of drug-likeness (QED) is 0.652. The molecule has 0 aromatic rings. The molecule has 0 radical (unpaired) electrons. The van der Waals surface area contributed by atoms with Gasteiger partial charge in [-0.2, -0.15) is 0 Å². The smallest absolute Gasteiger partial charge is 0.313 e. The molecular weight excluding hydrogens is 154 g/mol. The summed E-state index contributed by atoms with van der Waals surface area (Å²) in [6, 6.07) is -0.128. The van der Waals surface area contributed by atoms with Crippen LogP contribution in [0.15, 0.2) is 0 Å². The first-order valence-electron chi connectivity index (χ1n) is 4.39. The van der Waals surface area contributed by atoms with Crippen LogP contribution in [0.3, 0.4) is 0 Å². The van der Waals surface area contributed by atoms with Gasteiger partial charge in [-0.25, -0.2) is 0 Å². The minimum atomic E-state index is -0.565. The van der Waals surface area contributed by atoms with Gasteiger partial charge >= 0.3 is 5.97 Å². The molecule has 2 N–H and O–H groups in total. The Morgan fingerprint density at radius 1 is 1.50 bits per heavy atom. The van der Waals surface area contributed by atoms with Crippen molar-refractivity contribution < 1.29 is 9.53 Å². The predicted molar refractivity (Wildman–Crippen MR) is 48.7 cm³/mol. The fourth-order valence-electron chi connectivity index (χ4n) is 0.979. The summed E-state index contributed by atoms with van der Waals surface area (Å²) in [6.07, 6.45) is 0.784. The molecule has 0 fully saturated rings. The van der Waals surface area contributed by atoms with Crippen molar-refractivity contribution in [2.45, 2.75) is 40.2 Å². The third kappa shape index (κ3) is 2.48. The van der Waals surface area contributed by atoms with Gasteiger partial charge in [0.15, 0.2) is 0 Å². The minimum Gasteiger partial charge on any atom is -0.466 e. The van der Waals surface area contributed by atoms with Gasteiger partial charge in [-0.1, -0.05) is 6.92 Å². The van der Waals surface area contributed by atoms with Crippen molar-refractivity contribution in [1.29, 1.82) is 0 Å². The monoisotopic (exact) mass is 173 g/mol. The number of nitrogens with two attached hydrogens (primary N) is 1. The molecular formula is C9H19NO2. The van der Waals surface area contributed by atoms with Crippen LogP contribution in [0.4, 0.5) is 0 Å². The van der Waals surface area contributed by atoms with Crippen LogP contribution >= 0.6 is 0 Å². The van der Waals surface area contributed by atoms with Crippen molar-refractivity contribution in [3.8, 4) is 0 Å². The van der Waals surface area contributed by atoms with E-state index >= 15 is 0 Å². The van der Waals surface area contributed by atoms with Gasteiger partial charge in [-0.05, 0) is 27.2 Å². The fraction of sp³-hybridized carbons (Fsp3) is 0.889. The van der Waals surface area contributed by atoms with Crippen molar-refractivity contribution in [2.75, 3.05) is 6.61 Å². The summed E-state index contributed by atoms with van der Waals surface area (Å²) in [5, 5.41) is 0. The van der Waals surface area contributed by atoms with E-state index in [1.54, 1.807) is 6.92 Å². The SMILES string of the molecule is CCOC(=O)C(C)(C)[C@H](N)CC. The molecule has 0 saturated heterocycles. The Morgan fingerprint density at radius 2 is 2.00 bits per heavy atom. The molecule has 1 atom stereocenters. The van der Waals surface area contributed by atoms with Crippen molar-refractivity contribution in [1.82, 2.24) is 0 Å². The number of hydrogen-bond donors (Lipinski definition) is 1. The molecule has 12 heavy (non-hydrogen) atoms. The van der Waals surface area contributed by atoms with Crippen molar-refractivity contribution in [3.63, 3.8) is 0 Å². The molecule has 3 heteroatoms. The van der Waals surface area contributed by atoms with Crippen LogP contribution in [0.1, 0.15) is 34.1 Å². The van der Waals surface area contributed by atoms with Gasteiger partial charge in [0, 0.05) is 6.04 Å². The third-order valence-corrected chi connectivity index (χ3v) is 2.17. The maximum absolute atomic E-state index is 11.4. The van der Waals surface area contributed by atoms with E-state index < -0.39 is 5.41 Å². The molecule has 0 unspecified atom stereocenters. The number of carbonyl (C=O) groups excluding carboxylic acids is 1. The molecule has 0 saturated carbocycles. The van der Waals surface area contributed by atoms with Crippen LogP contribution in [0.25, 0.3) is 0 Å². The molecule has 0 aromatic heterocycles. The zero-order valence-electron chi connectivity index (χ0n) is 8.39. The minimum absolute atomic E-state index is 0.128. The van der Waals surface area contributed by atoms with Crippen LogP contribution < -0.4 is 5.73 Å². The van der Waals surface area contributed by atoms with E-state index in [-0.39, 0.29) is 12.0 Å². The van der Waals surface area contributed by atoms with Gasteiger partial charge in [-0.15, -0.1) is 0 Å². The van der Waals surface area contributed by atoms with Gasteiger partial charge in [0.1, 0.15) is 0 Å². The number of carbonyl (C=O) groups is 1. The first-order chi connectivity index (χ1) is 5.46. The number of hydrogen-bond acceptors (Lipinski definition) is 3. The summed E-state index contributed by atoms with van der Waals surface area (Å²) in [7, 11) is 0. The van der Waals surface area contributed by atoms with Gasteiger partial charge in [0.2, 0.25) is 0 Å². The average molecular weight is 173 g/mol. The van der Waals surface area contributed by atoms with E-state index in [4.69, 9.17) is 10.5 Å². The van der Waals surface area contributed by atoms with Crippen molar-refractivity contribution >= 4 is 5.97 Å². The fourth-order valence-corrected chi connectivity index (χ4v) is 0.979. The van der Waals surface area contributed by atoms with Crippen molar-refractivity contribution in [2.24, 2.45) is 11.1 Å². The van der Waals surface area contributed by atoms with Crippen LogP contribution in [-0.4, -0.2) is 18.6 Å². The average Bonchev–Trinajstić information content (AvgIpc) is 2.03. The highest BCUT2D eigenvalue weighted by Gasteiger charge is 2.34. The Kier molecular flexibility index (Phi) is 4.24. The molecule has 72 valence electrons. The summed E-state index contributed by atoms with van der Waals surface area (Å²) in [4.78, 5) is 11.4. The van der Waals surface area contributed by atoms with Gasteiger partial charge in [0.25, 0.3) is 0 Å². The Hall–Kier alpha value is -0.570. The zero-order chi connectivity index (χ0) is 9.78. The molecule has 0 bridgehead atoms. The molecule has 0 spiro atoms. The summed E-state index contributed by atoms with van der Waals surface area (Å²) in [5.41, 5.74) is 5.22. The first-order valence-corrected chi connectivity index (χ1v) is 4.39. The molecule has 3 nitrogen and oxygen atoms in total. The normalized spacial score (nSPS) is 14.1. The number of esters is 1. The lowest BCUT2D eigenvalue weighted by Gasteiger charge is -2.28. The summed E-state index contributed by atoms with van der Waals surface area (Å²) < 4.78 is 4.91. The van der Waals surface area contributed by atoms with E-state index in [0.29, 0.717) is 6.61 Å². The largest absolute Gasteiger partial charge is 0.466 e. The third-order valence-electron chi connectivity index (χ3n) is 2.17. The lowest BCUT2D eigenvalue weighted by Crippen LogP contribution is -2.43. The van der Waals surface area contributed by atoms with Crippen LogP contribution in [-0.2, 0) is 9.53 Å². The van der Waals surface area contributed by atoms with Crippen LogP contribution in [0, 0.1) is 5.41 Å². The first kappa shape index (κ1) is 11.4. The molecule has 0 aliphatic rings. The Labute approximate surface area is 74.3 Å². The molecule has 0 amide bonds. The van der Waals surface area contributed by atoms with Crippen LogP contribution in [0.5, 0.6) is 0 Å². The predicted octanol–water partition coefficient (Wildman–Crippen LogP) is 1.31. The Balaban J connectivity index is 4.27. The summed E-state index contributed by atoms with van der Waals surface area (Å²) >= 11 is 0. The van der Waals surface area contributed by atoms with Crippen molar-refractivity contribution in [3.05, 3.63) is 0 Å². The zero-order valence-corrected chi connectivity index (χ0v) is 8.39. The second-order valence-electron chi connectivity index (χ2n) is 3.46. The van der Waals surface area contributed by atoms with E-state index in [1.165, 1.54) is 0 Å². The maximum Gasteiger partial charge on any atom is 0.313 e. The second kappa shape index (κ2) is 4.45. The topological polar surface area (TPSA) is 52.3 Å². The summed E-state index contributed by atoms with van der Waals surface area (Å²) in [6.45, 7) is 7.81. The summed E-state index contributed by atoms with van der Waals surface area (Å²) in [5.74, 6) is -0.209. The number of ether oxygens (including phenoxy) is 1. The molecule has 0 heterocycles. The van der Waals surface area contributed by atoms with E-state index in [0.717, 1.165) is 6.42 Å². The maximum atomic E-state index is 11.4. The van der Waals surface area contributed by atoms with Gasteiger partial charge < -0.3 is 10.5 Å². The molecule has 0 rings (SSSR count). The highest BCUT2D eigenvalue weighted by atomic mass is 16.5. The standard InChI is InChI=1S/C9H19NO2/c1-5-7(10)9(3,4)8(11)12-6-2/h7H,5-6,10H2,1-4H3/t7-/m1/s1. The number of rotatable bonds is 4. The second-order valence-corrected chi connectivity index (χ2v) is 3.46. The van der Waals surface area contributed by atoms with E-state index in [9.17, 15) is 4.79 Å². The lowest BCUT2D eigenvalue weighted by molar-refractivity contribution is -0.154. The Morgan fingerprint density at radius 3 is 2.33 bits per heavy atom. The highest BCUT2D eigenvalue weighted by Crippen LogP contribution is 2.22. The highest BCUT2D eigenvalue weighted by molar-refractivity contribution is 5.76. The molecule has 0 aliphatic heterocycles.